The Morgan fingerprint density at radius 1 is 1.30 bits per heavy atom. The number of fused-ring (bicyclic) bond motifs is 1. The molecule has 0 aliphatic rings. The van der Waals surface area contributed by atoms with Gasteiger partial charge in [0, 0.05) is 10.9 Å². The average molecular weight is 407 g/mol. The number of hydrogen-bond donors (Lipinski definition) is 0. The molecular formula is C19H22N2O4S2. The number of carbonyl (C=O) groups excluding carboxylic acids is 1. The van der Waals surface area contributed by atoms with E-state index in [9.17, 15) is 9.59 Å². The van der Waals surface area contributed by atoms with E-state index in [1.807, 2.05) is 34.6 Å². The number of aryl methyl sites for hydroxylation is 2. The molecule has 0 spiro atoms. The van der Waals surface area contributed by atoms with Gasteiger partial charge in [0.2, 0.25) is 5.76 Å². The smallest absolute Gasteiger partial charge is 0.373 e. The molecule has 8 heteroatoms. The third-order valence-electron chi connectivity index (χ3n) is 4.42. The van der Waals surface area contributed by atoms with Crippen LogP contribution in [0.1, 0.15) is 58.8 Å². The minimum Gasteiger partial charge on any atom is -0.463 e. The van der Waals surface area contributed by atoms with Crippen LogP contribution in [-0.4, -0.2) is 22.6 Å². The molecule has 0 bridgehead atoms. The first-order chi connectivity index (χ1) is 12.7. The maximum absolute atomic E-state index is 13.1. The first-order valence-corrected chi connectivity index (χ1v) is 10.3. The maximum Gasteiger partial charge on any atom is 0.373 e. The number of rotatable bonds is 5. The van der Waals surface area contributed by atoms with Gasteiger partial charge in [0.25, 0.3) is 5.56 Å². The zero-order valence-corrected chi connectivity index (χ0v) is 17.8. The van der Waals surface area contributed by atoms with Crippen molar-refractivity contribution in [2.45, 2.75) is 51.1 Å². The van der Waals surface area contributed by atoms with Crippen molar-refractivity contribution in [3.63, 3.8) is 0 Å². The molecule has 6 nitrogen and oxygen atoms in total. The van der Waals surface area contributed by atoms with Crippen molar-refractivity contribution in [1.29, 1.82) is 0 Å². The van der Waals surface area contributed by atoms with E-state index in [1.54, 1.807) is 16.7 Å². The van der Waals surface area contributed by atoms with Crippen molar-refractivity contribution >= 4 is 39.3 Å². The van der Waals surface area contributed by atoms with Crippen molar-refractivity contribution < 1.29 is 13.9 Å². The van der Waals surface area contributed by atoms with Crippen LogP contribution in [0.15, 0.2) is 26.5 Å². The molecule has 0 N–H and O–H groups in total. The molecule has 1 atom stereocenters. The van der Waals surface area contributed by atoms with Gasteiger partial charge in [-0.05, 0) is 52.3 Å². The van der Waals surface area contributed by atoms with Crippen LogP contribution in [0.3, 0.4) is 0 Å². The standard InChI is InChI=1S/C19H22N2O4S2/c1-9(2)21-17(22)15-10(3)11(4)26-16(15)20-19(21)27-12(5)13-7-8-14(25-13)18(23)24-6/h7-9,12H,1-6H3. The second-order valence-electron chi connectivity index (χ2n) is 6.58. The number of thiophene rings is 1. The molecule has 3 rings (SSSR count). The van der Waals surface area contributed by atoms with Gasteiger partial charge in [0.1, 0.15) is 10.6 Å². The number of hydrogen-bond acceptors (Lipinski definition) is 7. The minimum absolute atomic E-state index is 0.0127. The number of thioether (sulfide) groups is 1. The van der Waals surface area contributed by atoms with Crippen LogP contribution in [0.2, 0.25) is 0 Å². The molecule has 0 aliphatic heterocycles. The normalized spacial score (nSPS) is 12.7. The predicted molar refractivity (Wildman–Crippen MR) is 108 cm³/mol. The number of carbonyl (C=O) groups is 1. The number of methoxy groups -OCH3 is 1. The number of furan rings is 1. The average Bonchev–Trinajstić information content (AvgIpc) is 3.20. The summed E-state index contributed by atoms with van der Waals surface area (Å²) in [4.78, 5) is 31.3. The van der Waals surface area contributed by atoms with Crippen LogP contribution in [0.5, 0.6) is 0 Å². The third kappa shape index (κ3) is 3.55. The van der Waals surface area contributed by atoms with Gasteiger partial charge in [0.15, 0.2) is 5.16 Å². The summed E-state index contributed by atoms with van der Waals surface area (Å²) in [5.74, 6) is 0.277. The van der Waals surface area contributed by atoms with E-state index in [0.29, 0.717) is 16.3 Å². The molecule has 27 heavy (non-hydrogen) atoms. The summed E-state index contributed by atoms with van der Waals surface area (Å²) >= 11 is 2.98. The van der Waals surface area contributed by atoms with Crippen molar-refractivity contribution in [1.82, 2.24) is 9.55 Å². The number of esters is 1. The number of nitrogens with zero attached hydrogens (tertiary/aromatic N) is 2. The third-order valence-corrected chi connectivity index (χ3v) is 6.60. The van der Waals surface area contributed by atoms with Gasteiger partial charge < -0.3 is 9.15 Å². The highest BCUT2D eigenvalue weighted by molar-refractivity contribution is 7.99. The molecular weight excluding hydrogens is 384 g/mol. The van der Waals surface area contributed by atoms with Gasteiger partial charge in [-0.1, -0.05) is 11.8 Å². The van der Waals surface area contributed by atoms with E-state index in [4.69, 9.17) is 9.40 Å². The van der Waals surface area contributed by atoms with Crippen molar-refractivity contribution in [2.75, 3.05) is 7.11 Å². The highest BCUT2D eigenvalue weighted by Gasteiger charge is 2.22. The van der Waals surface area contributed by atoms with Crippen molar-refractivity contribution in [3.05, 3.63) is 44.4 Å². The molecule has 0 amide bonds. The van der Waals surface area contributed by atoms with E-state index in [1.165, 1.54) is 30.2 Å². The fraction of sp³-hybridized carbons (Fsp3) is 0.421. The summed E-state index contributed by atoms with van der Waals surface area (Å²) in [6, 6.07) is 3.32. The predicted octanol–water partition coefficient (Wildman–Crippen LogP) is 4.89. The van der Waals surface area contributed by atoms with Crippen LogP contribution < -0.4 is 5.56 Å². The lowest BCUT2D eigenvalue weighted by Gasteiger charge is -2.17. The quantitative estimate of drug-likeness (QED) is 0.341. The summed E-state index contributed by atoms with van der Waals surface area (Å²) in [7, 11) is 1.31. The van der Waals surface area contributed by atoms with Gasteiger partial charge >= 0.3 is 5.97 Å². The molecule has 0 aliphatic carbocycles. The Hall–Kier alpha value is -2.06. The van der Waals surface area contributed by atoms with Crippen LogP contribution in [0.25, 0.3) is 10.2 Å². The van der Waals surface area contributed by atoms with E-state index in [0.717, 1.165) is 15.3 Å². The Labute approximate surface area is 165 Å². The summed E-state index contributed by atoms with van der Waals surface area (Å²) in [5, 5.41) is 1.22. The first-order valence-electron chi connectivity index (χ1n) is 8.61. The molecule has 3 aromatic heterocycles. The fourth-order valence-electron chi connectivity index (χ4n) is 2.82. The van der Waals surface area contributed by atoms with Crippen LogP contribution >= 0.6 is 23.1 Å². The molecule has 3 heterocycles. The van der Waals surface area contributed by atoms with Crippen molar-refractivity contribution in [3.8, 4) is 0 Å². The van der Waals surface area contributed by atoms with Gasteiger partial charge in [-0.15, -0.1) is 11.3 Å². The lowest BCUT2D eigenvalue weighted by atomic mass is 10.2. The molecule has 3 aromatic rings. The highest BCUT2D eigenvalue weighted by atomic mass is 32.2. The molecule has 0 saturated heterocycles. The SMILES string of the molecule is COC(=O)c1ccc(C(C)Sc2nc3sc(C)c(C)c3c(=O)n2C(C)C)o1. The summed E-state index contributed by atoms with van der Waals surface area (Å²) in [6.45, 7) is 9.87. The Morgan fingerprint density at radius 3 is 2.63 bits per heavy atom. The van der Waals surface area contributed by atoms with E-state index in [2.05, 4.69) is 4.74 Å². The second-order valence-corrected chi connectivity index (χ2v) is 9.09. The molecule has 0 saturated carbocycles. The van der Waals surface area contributed by atoms with E-state index in [-0.39, 0.29) is 22.6 Å². The van der Waals surface area contributed by atoms with E-state index < -0.39 is 5.97 Å². The van der Waals surface area contributed by atoms with Crippen LogP contribution in [0, 0.1) is 13.8 Å². The fourth-order valence-corrected chi connectivity index (χ4v) is 5.01. The highest BCUT2D eigenvalue weighted by Crippen LogP contribution is 2.37. The number of ether oxygens (including phenoxy) is 1. The van der Waals surface area contributed by atoms with Gasteiger partial charge in [-0.2, -0.15) is 0 Å². The molecule has 0 fully saturated rings. The van der Waals surface area contributed by atoms with Crippen LogP contribution in [0.4, 0.5) is 0 Å². The number of aromatic nitrogens is 2. The topological polar surface area (TPSA) is 74.3 Å². The van der Waals surface area contributed by atoms with Crippen LogP contribution in [-0.2, 0) is 4.74 Å². The lowest BCUT2D eigenvalue weighted by molar-refractivity contribution is 0.0563. The Bertz CT molecular complexity index is 1060. The zero-order chi connectivity index (χ0) is 19.9. The van der Waals surface area contributed by atoms with Crippen molar-refractivity contribution in [2.24, 2.45) is 0 Å². The maximum atomic E-state index is 13.1. The molecule has 1 unspecified atom stereocenters. The summed E-state index contributed by atoms with van der Waals surface area (Å²) in [6.07, 6.45) is 0. The molecule has 144 valence electrons. The molecule has 0 aromatic carbocycles. The Morgan fingerprint density at radius 2 is 2.00 bits per heavy atom. The summed E-state index contributed by atoms with van der Waals surface area (Å²) < 4.78 is 12.0. The van der Waals surface area contributed by atoms with Gasteiger partial charge in [-0.3, -0.25) is 9.36 Å². The molecule has 0 radical (unpaired) electrons. The van der Waals surface area contributed by atoms with Gasteiger partial charge in [0.05, 0.1) is 17.7 Å². The lowest BCUT2D eigenvalue weighted by Crippen LogP contribution is -2.25. The zero-order valence-electron chi connectivity index (χ0n) is 16.2. The largest absolute Gasteiger partial charge is 0.463 e. The monoisotopic (exact) mass is 406 g/mol. The van der Waals surface area contributed by atoms with Gasteiger partial charge in [-0.25, -0.2) is 9.78 Å². The van der Waals surface area contributed by atoms with E-state index >= 15 is 0 Å². The second kappa shape index (κ2) is 7.52. The summed E-state index contributed by atoms with van der Waals surface area (Å²) in [5.41, 5.74) is 0.987. The Balaban J connectivity index is 2.03. The first kappa shape index (κ1) is 19.7. The minimum atomic E-state index is -0.512. The Kier molecular flexibility index (Phi) is 5.48.